The van der Waals surface area contributed by atoms with E-state index in [9.17, 15) is 9.59 Å². The van der Waals surface area contributed by atoms with Crippen LogP contribution in [0.4, 0.5) is 11.4 Å². The molecule has 2 amide bonds. The normalized spacial score (nSPS) is 10.8. The van der Waals surface area contributed by atoms with E-state index < -0.39 is 0 Å². The van der Waals surface area contributed by atoms with Crippen molar-refractivity contribution in [3.05, 3.63) is 58.6 Å². The average Bonchev–Trinajstić information content (AvgIpc) is 2.70. The summed E-state index contributed by atoms with van der Waals surface area (Å²) in [7, 11) is 5.77. The molecule has 0 aliphatic heterocycles. The van der Waals surface area contributed by atoms with E-state index in [0.717, 1.165) is 16.8 Å². The Morgan fingerprint density at radius 2 is 1.67 bits per heavy atom. The predicted octanol–water partition coefficient (Wildman–Crippen LogP) is 3.63. The zero-order valence-corrected chi connectivity index (χ0v) is 19.2. The van der Waals surface area contributed by atoms with Gasteiger partial charge in [0.05, 0.1) is 13.1 Å². The van der Waals surface area contributed by atoms with Crippen molar-refractivity contribution in [1.29, 1.82) is 0 Å². The molecule has 0 aliphatic carbocycles. The van der Waals surface area contributed by atoms with Crippen LogP contribution in [0.2, 0.25) is 5.02 Å². The van der Waals surface area contributed by atoms with Gasteiger partial charge in [-0.15, -0.1) is 0 Å². The molecule has 0 saturated carbocycles. The summed E-state index contributed by atoms with van der Waals surface area (Å²) in [6.07, 6.45) is 0. The Morgan fingerprint density at radius 1 is 1.00 bits per heavy atom. The van der Waals surface area contributed by atoms with Crippen molar-refractivity contribution in [1.82, 2.24) is 9.80 Å². The lowest BCUT2D eigenvalue weighted by molar-refractivity contribution is -0.132. The van der Waals surface area contributed by atoms with Gasteiger partial charge in [0, 0.05) is 44.1 Å². The van der Waals surface area contributed by atoms with E-state index in [1.165, 1.54) is 0 Å². The van der Waals surface area contributed by atoms with E-state index >= 15 is 0 Å². The third-order valence-electron chi connectivity index (χ3n) is 4.95. The maximum atomic E-state index is 12.7. The number of amides is 2. The number of hydrogen-bond acceptors (Lipinski definition) is 4. The fourth-order valence-corrected chi connectivity index (χ4v) is 3.15. The smallest absolute Gasteiger partial charge is 0.238 e. The van der Waals surface area contributed by atoms with Crippen LogP contribution in [-0.2, 0) is 16.1 Å². The summed E-state index contributed by atoms with van der Waals surface area (Å²) in [6.45, 7) is 5.29. The molecule has 2 aromatic rings. The molecule has 0 unspecified atom stereocenters. The summed E-state index contributed by atoms with van der Waals surface area (Å²) in [5.74, 6) is -0.197. The number of nitrogens with zero attached hydrogens (tertiary/aromatic N) is 3. The topological polar surface area (TPSA) is 55.9 Å². The first-order chi connectivity index (χ1) is 14.2. The van der Waals surface area contributed by atoms with Gasteiger partial charge in [0.25, 0.3) is 0 Å². The SMILES string of the molecule is CCN(CC(=O)Nc1cc(Cl)ccc1C)CC(=O)N(C)Cc1ccc(N(C)C)cc1. The highest BCUT2D eigenvalue weighted by Crippen LogP contribution is 2.20. The standard InChI is InChI=1S/C23H31ClN4O2/c1-6-28(15-22(29)25-21-13-19(24)10-7-17(21)2)16-23(30)27(5)14-18-8-11-20(12-9-18)26(3)4/h7-13H,6,14-16H2,1-5H3,(H,25,29). The highest BCUT2D eigenvalue weighted by molar-refractivity contribution is 6.31. The Labute approximate surface area is 184 Å². The zero-order chi connectivity index (χ0) is 22.3. The minimum atomic E-state index is -0.169. The van der Waals surface area contributed by atoms with Crippen molar-refractivity contribution >= 4 is 34.8 Å². The number of benzene rings is 2. The Kier molecular flexibility index (Phi) is 8.69. The second-order valence-corrected chi connectivity index (χ2v) is 8.06. The number of anilines is 2. The lowest BCUT2D eigenvalue weighted by Gasteiger charge is -2.24. The number of rotatable bonds is 9. The van der Waals surface area contributed by atoms with Gasteiger partial charge in [0.1, 0.15) is 0 Å². The molecule has 7 heteroatoms. The molecule has 2 aromatic carbocycles. The fraction of sp³-hybridized carbons (Fsp3) is 0.391. The Morgan fingerprint density at radius 3 is 2.27 bits per heavy atom. The summed E-state index contributed by atoms with van der Waals surface area (Å²) < 4.78 is 0. The number of halogens is 1. The molecule has 2 rings (SSSR count). The number of hydrogen-bond donors (Lipinski definition) is 1. The maximum Gasteiger partial charge on any atom is 0.238 e. The fourth-order valence-electron chi connectivity index (χ4n) is 2.97. The number of carbonyl (C=O) groups excluding carboxylic acids is 2. The van der Waals surface area contributed by atoms with Crippen LogP contribution < -0.4 is 10.2 Å². The van der Waals surface area contributed by atoms with E-state index in [4.69, 9.17) is 11.6 Å². The number of nitrogens with one attached hydrogen (secondary N) is 1. The molecule has 0 saturated heterocycles. The van der Waals surface area contributed by atoms with Crippen LogP contribution in [0.15, 0.2) is 42.5 Å². The molecule has 0 radical (unpaired) electrons. The van der Waals surface area contributed by atoms with E-state index in [1.54, 1.807) is 24.1 Å². The van der Waals surface area contributed by atoms with Crippen molar-refractivity contribution in [3.8, 4) is 0 Å². The van der Waals surface area contributed by atoms with Crippen molar-refractivity contribution in [2.24, 2.45) is 0 Å². The van der Waals surface area contributed by atoms with Gasteiger partial charge < -0.3 is 15.1 Å². The molecule has 0 aliphatic rings. The molecule has 162 valence electrons. The predicted molar refractivity (Wildman–Crippen MR) is 124 cm³/mol. The highest BCUT2D eigenvalue weighted by atomic mass is 35.5. The quantitative estimate of drug-likeness (QED) is 0.660. The van der Waals surface area contributed by atoms with Crippen LogP contribution in [0, 0.1) is 6.92 Å². The molecule has 0 fully saturated rings. The number of carbonyl (C=O) groups is 2. The van der Waals surface area contributed by atoms with Gasteiger partial charge in [-0.05, 0) is 48.9 Å². The first kappa shape index (κ1) is 23.7. The van der Waals surface area contributed by atoms with Crippen LogP contribution in [-0.4, -0.2) is 62.4 Å². The van der Waals surface area contributed by atoms with Crippen LogP contribution in [0.5, 0.6) is 0 Å². The molecular weight excluding hydrogens is 400 g/mol. The van der Waals surface area contributed by atoms with Crippen LogP contribution in [0.25, 0.3) is 0 Å². The minimum Gasteiger partial charge on any atom is -0.378 e. The molecule has 0 aromatic heterocycles. The van der Waals surface area contributed by atoms with Crippen LogP contribution in [0.3, 0.4) is 0 Å². The Bertz CT molecular complexity index is 868. The average molecular weight is 431 g/mol. The van der Waals surface area contributed by atoms with Crippen molar-refractivity contribution < 1.29 is 9.59 Å². The highest BCUT2D eigenvalue weighted by Gasteiger charge is 2.17. The van der Waals surface area contributed by atoms with Crippen molar-refractivity contribution in [2.75, 3.05) is 51.0 Å². The number of likely N-dealkylation sites (N-methyl/N-ethyl adjacent to an activating group) is 2. The second kappa shape index (κ2) is 11.0. The Balaban J connectivity index is 1.89. The van der Waals surface area contributed by atoms with Gasteiger partial charge >= 0.3 is 0 Å². The second-order valence-electron chi connectivity index (χ2n) is 7.62. The summed E-state index contributed by atoms with van der Waals surface area (Å²) in [5, 5.41) is 3.45. The van der Waals surface area contributed by atoms with Crippen LogP contribution in [0.1, 0.15) is 18.1 Å². The van der Waals surface area contributed by atoms with Crippen molar-refractivity contribution in [2.45, 2.75) is 20.4 Å². The Hall–Kier alpha value is -2.57. The summed E-state index contributed by atoms with van der Waals surface area (Å²) in [5.41, 5.74) is 3.81. The lowest BCUT2D eigenvalue weighted by atomic mass is 10.2. The summed E-state index contributed by atoms with van der Waals surface area (Å²) in [6, 6.07) is 13.5. The van der Waals surface area contributed by atoms with Crippen molar-refractivity contribution in [3.63, 3.8) is 0 Å². The van der Waals surface area contributed by atoms with Gasteiger partial charge in [-0.1, -0.05) is 36.7 Å². The largest absolute Gasteiger partial charge is 0.378 e. The van der Waals surface area contributed by atoms with E-state index in [1.807, 2.05) is 68.1 Å². The first-order valence-corrected chi connectivity index (χ1v) is 10.4. The van der Waals surface area contributed by atoms with Gasteiger partial charge in [-0.3, -0.25) is 14.5 Å². The maximum absolute atomic E-state index is 12.7. The molecule has 1 N–H and O–H groups in total. The van der Waals surface area contributed by atoms with Gasteiger partial charge in [-0.25, -0.2) is 0 Å². The molecular formula is C23H31ClN4O2. The molecule has 0 spiro atoms. The lowest BCUT2D eigenvalue weighted by Crippen LogP contribution is -2.41. The number of aryl methyl sites for hydroxylation is 1. The van der Waals surface area contributed by atoms with Gasteiger partial charge in [0.2, 0.25) is 11.8 Å². The molecule has 0 atom stereocenters. The third kappa shape index (κ3) is 7.04. The van der Waals surface area contributed by atoms with E-state index in [-0.39, 0.29) is 24.9 Å². The first-order valence-electron chi connectivity index (χ1n) is 9.98. The van der Waals surface area contributed by atoms with Crippen LogP contribution >= 0.6 is 11.6 Å². The molecule has 30 heavy (non-hydrogen) atoms. The minimum absolute atomic E-state index is 0.0275. The third-order valence-corrected chi connectivity index (χ3v) is 5.18. The molecule has 0 bridgehead atoms. The van der Waals surface area contributed by atoms with E-state index in [2.05, 4.69) is 5.32 Å². The van der Waals surface area contributed by atoms with Gasteiger partial charge in [-0.2, -0.15) is 0 Å². The monoisotopic (exact) mass is 430 g/mol. The summed E-state index contributed by atoms with van der Waals surface area (Å²) in [4.78, 5) is 30.7. The van der Waals surface area contributed by atoms with Gasteiger partial charge in [0.15, 0.2) is 0 Å². The molecule has 6 nitrogen and oxygen atoms in total. The zero-order valence-electron chi connectivity index (χ0n) is 18.4. The van der Waals surface area contributed by atoms with E-state index in [0.29, 0.717) is 23.8 Å². The summed E-state index contributed by atoms with van der Waals surface area (Å²) >= 11 is 6.01. The molecule has 0 heterocycles.